The fraction of sp³-hybridized carbons (Fsp3) is 0.450. The van der Waals surface area contributed by atoms with Crippen molar-refractivity contribution in [1.82, 2.24) is 25.1 Å². The van der Waals surface area contributed by atoms with Gasteiger partial charge in [-0.3, -0.25) is 4.79 Å². The zero-order valence-corrected chi connectivity index (χ0v) is 28.5. The minimum atomic E-state index is -0.275. The molecular weight excluding hydrogens is 582 g/mol. The molecule has 0 aliphatic heterocycles. The van der Waals surface area contributed by atoms with Crippen molar-refractivity contribution in [3.8, 4) is 5.88 Å². The van der Waals surface area contributed by atoms with E-state index in [1.165, 1.54) is 110 Å². The van der Waals surface area contributed by atoms with Crippen molar-refractivity contribution < 1.29 is 9.53 Å². The highest BCUT2D eigenvalue weighted by Crippen LogP contribution is 2.59. The molecule has 0 saturated carbocycles. The second-order valence-electron chi connectivity index (χ2n) is 13.8. The predicted octanol–water partition coefficient (Wildman–Crippen LogP) is 9.24. The number of ether oxygens (including phenoxy) is 1. The van der Waals surface area contributed by atoms with E-state index in [1.807, 2.05) is 12.5 Å². The number of allylic oxidation sites excluding steroid dienone is 13. The van der Waals surface area contributed by atoms with Crippen LogP contribution < -0.4 is 10.1 Å². The molecule has 2 aromatic rings. The Hall–Kier alpha value is -4.26. The first kappa shape index (κ1) is 32.7. The largest absolute Gasteiger partial charge is 0.480 e. The van der Waals surface area contributed by atoms with E-state index < -0.39 is 0 Å². The van der Waals surface area contributed by atoms with Gasteiger partial charge in [0, 0.05) is 16.8 Å². The first-order valence-electron chi connectivity index (χ1n) is 17.5. The number of imidazole rings is 1. The molecule has 4 aliphatic rings. The lowest BCUT2D eigenvalue weighted by Gasteiger charge is -2.43. The predicted molar refractivity (Wildman–Crippen MR) is 188 cm³/mol. The van der Waals surface area contributed by atoms with E-state index in [1.54, 1.807) is 13.2 Å². The summed E-state index contributed by atoms with van der Waals surface area (Å²) in [6, 6.07) is 1.68. The SMILES string of the molecule is CCCCCCCCCCCCC1=C2C3=C(C=C[C@]2(C)C(n2cnc(OC)c2)=C1)[C@]1(C)CC=C(NC(=O)c2ccnnc2)C=C1C=C3. The maximum absolute atomic E-state index is 12.8. The molecule has 6 rings (SSSR count). The smallest absolute Gasteiger partial charge is 0.257 e. The van der Waals surface area contributed by atoms with Gasteiger partial charge in [-0.05, 0) is 72.3 Å². The number of fused-ring (bicyclic) bond motifs is 4. The van der Waals surface area contributed by atoms with Crippen LogP contribution in [-0.2, 0) is 0 Å². The van der Waals surface area contributed by atoms with E-state index in [-0.39, 0.29) is 16.7 Å². The Morgan fingerprint density at radius 3 is 2.45 bits per heavy atom. The average Bonchev–Trinajstić information content (AvgIpc) is 3.68. The Bertz CT molecular complexity index is 1700. The molecule has 1 N–H and O–H groups in total. The van der Waals surface area contributed by atoms with Crippen molar-refractivity contribution in [3.63, 3.8) is 0 Å². The summed E-state index contributed by atoms with van der Waals surface area (Å²) in [7, 11) is 1.67. The zero-order chi connectivity index (χ0) is 32.9. The number of nitrogens with zero attached hydrogens (tertiary/aromatic N) is 4. The van der Waals surface area contributed by atoms with Gasteiger partial charge in [0.15, 0.2) is 0 Å². The molecule has 0 aromatic carbocycles. The van der Waals surface area contributed by atoms with Crippen molar-refractivity contribution in [2.45, 2.75) is 97.8 Å². The Balaban J connectivity index is 1.21. The molecule has 47 heavy (non-hydrogen) atoms. The van der Waals surface area contributed by atoms with Crippen LogP contribution in [0.1, 0.15) is 108 Å². The van der Waals surface area contributed by atoms with Gasteiger partial charge < -0.3 is 14.6 Å². The molecule has 2 aromatic heterocycles. The minimum absolute atomic E-state index is 0.179. The third-order valence-electron chi connectivity index (χ3n) is 10.5. The topological polar surface area (TPSA) is 81.9 Å². The summed E-state index contributed by atoms with van der Waals surface area (Å²) in [6.45, 7) is 6.96. The summed E-state index contributed by atoms with van der Waals surface area (Å²) in [5, 5.41) is 10.7. The Morgan fingerprint density at radius 1 is 0.979 bits per heavy atom. The summed E-state index contributed by atoms with van der Waals surface area (Å²) in [6.07, 6.45) is 38.0. The summed E-state index contributed by atoms with van der Waals surface area (Å²) in [4.78, 5) is 17.3. The van der Waals surface area contributed by atoms with Crippen molar-refractivity contribution in [2.75, 3.05) is 7.11 Å². The summed E-state index contributed by atoms with van der Waals surface area (Å²) < 4.78 is 7.59. The Kier molecular flexibility index (Phi) is 9.90. The molecule has 0 bridgehead atoms. The monoisotopic (exact) mass is 631 g/mol. The first-order valence-corrected chi connectivity index (χ1v) is 17.5. The number of carbonyl (C=O) groups excluding carboxylic acids is 1. The molecule has 7 heteroatoms. The molecule has 2 heterocycles. The average molecular weight is 632 g/mol. The van der Waals surface area contributed by atoms with E-state index >= 15 is 0 Å². The van der Waals surface area contributed by atoms with E-state index in [4.69, 9.17) is 4.74 Å². The molecule has 0 saturated heterocycles. The second kappa shape index (κ2) is 14.2. The lowest BCUT2D eigenvalue weighted by Crippen LogP contribution is -2.33. The van der Waals surface area contributed by atoms with Crippen LogP contribution in [0.15, 0.2) is 107 Å². The van der Waals surface area contributed by atoms with Crippen LogP contribution >= 0.6 is 0 Å². The van der Waals surface area contributed by atoms with Crippen LogP contribution in [0.3, 0.4) is 0 Å². The number of amides is 1. The third kappa shape index (κ3) is 6.63. The van der Waals surface area contributed by atoms with Gasteiger partial charge in [0.25, 0.3) is 5.91 Å². The molecule has 4 aliphatic carbocycles. The molecular formula is C40H49N5O2. The second-order valence-corrected chi connectivity index (χ2v) is 13.8. The van der Waals surface area contributed by atoms with Crippen LogP contribution in [0.25, 0.3) is 5.70 Å². The number of aromatic nitrogens is 4. The van der Waals surface area contributed by atoms with Gasteiger partial charge in [-0.25, -0.2) is 4.98 Å². The molecule has 1 amide bonds. The fourth-order valence-electron chi connectivity index (χ4n) is 7.69. The van der Waals surface area contributed by atoms with Crippen molar-refractivity contribution in [3.05, 3.63) is 113 Å². The number of nitrogens with one attached hydrogen (secondary N) is 1. The van der Waals surface area contributed by atoms with Crippen molar-refractivity contribution in [1.29, 1.82) is 0 Å². The molecule has 0 fully saturated rings. The molecule has 7 nitrogen and oxygen atoms in total. The van der Waals surface area contributed by atoms with Gasteiger partial charge in [0.05, 0.1) is 36.7 Å². The van der Waals surface area contributed by atoms with Crippen molar-refractivity contribution in [2.24, 2.45) is 10.8 Å². The van der Waals surface area contributed by atoms with Crippen LogP contribution in [0.5, 0.6) is 5.88 Å². The number of unbranched alkanes of at least 4 members (excludes halogenated alkanes) is 9. The van der Waals surface area contributed by atoms with Gasteiger partial charge in [-0.2, -0.15) is 10.2 Å². The van der Waals surface area contributed by atoms with Crippen LogP contribution in [0, 0.1) is 10.8 Å². The molecule has 0 unspecified atom stereocenters. The van der Waals surface area contributed by atoms with E-state index in [2.05, 4.69) is 88.4 Å². The van der Waals surface area contributed by atoms with Gasteiger partial charge in [-0.1, -0.05) is 102 Å². The van der Waals surface area contributed by atoms with E-state index in [0.717, 1.165) is 18.5 Å². The van der Waals surface area contributed by atoms with Crippen LogP contribution in [0.4, 0.5) is 0 Å². The molecule has 0 spiro atoms. The highest BCUT2D eigenvalue weighted by Gasteiger charge is 2.46. The van der Waals surface area contributed by atoms with Crippen LogP contribution in [0.2, 0.25) is 0 Å². The summed E-state index contributed by atoms with van der Waals surface area (Å²) in [5.41, 5.74) is 8.79. The van der Waals surface area contributed by atoms with E-state index in [0.29, 0.717) is 11.4 Å². The number of carbonyl (C=O) groups is 1. The maximum atomic E-state index is 12.8. The van der Waals surface area contributed by atoms with Gasteiger partial charge in [0.2, 0.25) is 5.88 Å². The molecule has 0 radical (unpaired) electrons. The van der Waals surface area contributed by atoms with Crippen molar-refractivity contribution >= 4 is 11.6 Å². The molecule has 246 valence electrons. The first-order chi connectivity index (χ1) is 22.9. The minimum Gasteiger partial charge on any atom is -0.480 e. The normalized spacial score (nSPS) is 22.8. The number of rotatable bonds is 15. The highest BCUT2D eigenvalue weighted by molar-refractivity contribution is 5.95. The zero-order valence-electron chi connectivity index (χ0n) is 28.5. The fourth-order valence-corrected chi connectivity index (χ4v) is 7.69. The standard InChI is InChI=1S/C40H49N5O2/c1-5-6-7-8-9-10-11-12-13-14-15-29-24-35(45-27-36(47-4)41-28-45)40(3)22-19-34-33(37(29)40)17-16-31-25-32(18-21-39(31,34)2)44-38(46)30-20-23-42-43-26-30/h16-20,22-28H,5-15,21H2,1-4H3,(H,44,46)/t39-,40-/m1/s1. The lowest BCUT2D eigenvalue weighted by molar-refractivity contribution is 0.0966. The lowest BCUT2D eigenvalue weighted by atomic mass is 9.61. The Morgan fingerprint density at radius 2 is 1.74 bits per heavy atom. The maximum Gasteiger partial charge on any atom is 0.257 e. The number of hydrogen-bond acceptors (Lipinski definition) is 5. The molecule has 2 atom stereocenters. The third-order valence-corrected chi connectivity index (χ3v) is 10.5. The number of methoxy groups -OCH3 is 1. The highest BCUT2D eigenvalue weighted by atomic mass is 16.5. The summed E-state index contributed by atoms with van der Waals surface area (Å²) >= 11 is 0. The van der Waals surface area contributed by atoms with Gasteiger partial charge in [0.1, 0.15) is 6.33 Å². The van der Waals surface area contributed by atoms with Gasteiger partial charge in [-0.15, -0.1) is 0 Å². The summed E-state index contributed by atoms with van der Waals surface area (Å²) in [5.74, 6) is 0.443. The number of hydrogen-bond donors (Lipinski definition) is 1. The van der Waals surface area contributed by atoms with Gasteiger partial charge >= 0.3 is 0 Å². The Labute approximate surface area is 280 Å². The van der Waals surface area contributed by atoms with Crippen LogP contribution in [-0.4, -0.2) is 32.8 Å². The quantitative estimate of drug-likeness (QED) is 0.198. The van der Waals surface area contributed by atoms with E-state index in [9.17, 15) is 4.79 Å².